The van der Waals surface area contributed by atoms with Crippen molar-refractivity contribution in [3.8, 4) is 5.75 Å². The predicted octanol–water partition coefficient (Wildman–Crippen LogP) is 3.79. The first-order valence-electron chi connectivity index (χ1n) is 5.73. The Kier molecular flexibility index (Phi) is 4.61. The molecule has 19 heavy (non-hydrogen) atoms. The summed E-state index contributed by atoms with van der Waals surface area (Å²) in [7, 11) is 3.37. The molecule has 3 nitrogen and oxygen atoms in total. The van der Waals surface area contributed by atoms with E-state index >= 15 is 0 Å². The van der Waals surface area contributed by atoms with Gasteiger partial charge in [0.15, 0.2) is 0 Å². The van der Waals surface area contributed by atoms with Crippen molar-refractivity contribution in [2.75, 3.05) is 14.2 Å². The Balaban J connectivity index is 2.09. The van der Waals surface area contributed by atoms with Crippen molar-refractivity contribution >= 4 is 33.2 Å². The third-order valence-electron chi connectivity index (χ3n) is 2.72. The second kappa shape index (κ2) is 6.21. The smallest absolute Gasteiger partial charge is 0.267 e. The fourth-order valence-electron chi connectivity index (χ4n) is 1.72. The molecular formula is C14H14BrNO2S. The molecule has 1 aromatic heterocycles. The molecule has 0 aliphatic rings. The van der Waals surface area contributed by atoms with Gasteiger partial charge in [0, 0.05) is 18.1 Å². The number of ether oxygens (including phenoxy) is 1. The first kappa shape index (κ1) is 14.1. The lowest BCUT2D eigenvalue weighted by Gasteiger charge is -2.17. The molecule has 100 valence electrons. The monoisotopic (exact) mass is 339 g/mol. The van der Waals surface area contributed by atoms with Gasteiger partial charge in [-0.1, -0.05) is 28.1 Å². The number of rotatable bonds is 4. The van der Waals surface area contributed by atoms with Crippen LogP contribution in [0.3, 0.4) is 0 Å². The highest BCUT2D eigenvalue weighted by Crippen LogP contribution is 2.26. The van der Waals surface area contributed by atoms with Crippen LogP contribution in [0.2, 0.25) is 0 Å². The summed E-state index contributed by atoms with van der Waals surface area (Å²) in [5.74, 6) is 0.618. The Morgan fingerprint density at radius 1 is 1.32 bits per heavy atom. The van der Waals surface area contributed by atoms with Crippen molar-refractivity contribution in [1.29, 1.82) is 0 Å². The number of thiophene rings is 1. The zero-order valence-corrected chi connectivity index (χ0v) is 13.1. The maximum atomic E-state index is 12.3. The van der Waals surface area contributed by atoms with E-state index in [9.17, 15) is 4.79 Å². The van der Waals surface area contributed by atoms with E-state index < -0.39 is 0 Å². The van der Waals surface area contributed by atoms with Crippen molar-refractivity contribution in [2.24, 2.45) is 0 Å². The van der Waals surface area contributed by atoms with Crippen LogP contribution in [-0.2, 0) is 6.54 Å². The highest BCUT2D eigenvalue weighted by atomic mass is 79.9. The van der Waals surface area contributed by atoms with Crippen molar-refractivity contribution in [1.82, 2.24) is 4.90 Å². The molecule has 0 N–H and O–H groups in total. The maximum Gasteiger partial charge on any atom is 0.267 e. The summed E-state index contributed by atoms with van der Waals surface area (Å²) in [6, 6.07) is 9.75. The minimum atomic E-state index is -0.0187. The van der Waals surface area contributed by atoms with Gasteiger partial charge in [-0.25, -0.2) is 0 Å². The molecule has 2 aromatic rings. The quantitative estimate of drug-likeness (QED) is 0.847. The maximum absolute atomic E-state index is 12.3. The fraction of sp³-hybridized carbons (Fsp3) is 0.214. The minimum absolute atomic E-state index is 0.0187. The van der Waals surface area contributed by atoms with Crippen LogP contribution in [0.4, 0.5) is 0 Å². The molecule has 0 bridgehead atoms. The Morgan fingerprint density at radius 2 is 2.00 bits per heavy atom. The van der Waals surface area contributed by atoms with E-state index in [-0.39, 0.29) is 5.91 Å². The molecule has 0 aliphatic carbocycles. The number of halogens is 1. The van der Waals surface area contributed by atoms with Gasteiger partial charge in [-0.15, -0.1) is 11.3 Å². The van der Waals surface area contributed by atoms with E-state index in [1.165, 1.54) is 11.3 Å². The van der Waals surface area contributed by atoms with Crippen LogP contribution >= 0.6 is 27.3 Å². The van der Waals surface area contributed by atoms with Gasteiger partial charge < -0.3 is 9.64 Å². The van der Waals surface area contributed by atoms with Gasteiger partial charge in [0.1, 0.15) is 10.6 Å². The molecule has 1 aromatic carbocycles. The zero-order chi connectivity index (χ0) is 13.8. The number of nitrogens with zero attached hydrogens (tertiary/aromatic N) is 1. The Morgan fingerprint density at radius 3 is 2.63 bits per heavy atom. The van der Waals surface area contributed by atoms with Crippen molar-refractivity contribution < 1.29 is 9.53 Å². The van der Waals surface area contributed by atoms with E-state index in [2.05, 4.69) is 15.9 Å². The van der Waals surface area contributed by atoms with Crippen LogP contribution in [0.25, 0.3) is 0 Å². The molecule has 0 saturated heterocycles. The largest absolute Gasteiger partial charge is 0.495 e. The predicted molar refractivity (Wildman–Crippen MR) is 80.8 cm³/mol. The lowest BCUT2D eigenvalue weighted by molar-refractivity contribution is 0.0787. The van der Waals surface area contributed by atoms with Gasteiger partial charge in [0.05, 0.1) is 7.11 Å². The summed E-state index contributed by atoms with van der Waals surface area (Å²) in [4.78, 5) is 14.6. The molecule has 1 amide bonds. The topological polar surface area (TPSA) is 29.5 Å². The molecular weight excluding hydrogens is 326 g/mol. The Labute approximate surface area is 124 Å². The molecule has 0 atom stereocenters. The van der Waals surface area contributed by atoms with E-state index in [4.69, 9.17) is 4.74 Å². The van der Waals surface area contributed by atoms with Crippen LogP contribution in [-0.4, -0.2) is 25.0 Å². The number of hydrogen-bond donors (Lipinski definition) is 0. The molecule has 0 spiro atoms. The van der Waals surface area contributed by atoms with Crippen LogP contribution in [0.1, 0.15) is 15.2 Å². The molecule has 0 fully saturated rings. The zero-order valence-electron chi connectivity index (χ0n) is 10.7. The third-order valence-corrected chi connectivity index (χ3v) is 4.14. The fourth-order valence-corrected chi connectivity index (χ4v) is 2.84. The molecule has 2 rings (SSSR count). The van der Waals surface area contributed by atoms with Crippen molar-refractivity contribution in [2.45, 2.75) is 6.54 Å². The lowest BCUT2D eigenvalue weighted by atomic mass is 10.2. The summed E-state index contributed by atoms with van der Waals surface area (Å²) in [5, 5.41) is 1.86. The van der Waals surface area contributed by atoms with E-state index in [0.29, 0.717) is 17.2 Å². The van der Waals surface area contributed by atoms with Gasteiger partial charge in [-0.2, -0.15) is 0 Å². The van der Waals surface area contributed by atoms with Gasteiger partial charge in [-0.05, 0) is 29.1 Å². The molecule has 0 saturated carbocycles. The first-order chi connectivity index (χ1) is 9.11. The standard InChI is InChI=1S/C14H14BrNO2S/c1-16(9-10-3-5-11(15)6-4-10)14(17)13-12(18-2)7-8-19-13/h3-8H,9H2,1-2H3. The average molecular weight is 340 g/mol. The van der Waals surface area contributed by atoms with Crippen LogP contribution in [0.15, 0.2) is 40.2 Å². The first-order valence-corrected chi connectivity index (χ1v) is 7.40. The second-order valence-corrected chi connectivity index (χ2v) is 5.94. The summed E-state index contributed by atoms with van der Waals surface area (Å²) in [6.07, 6.45) is 0. The number of carbonyl (C=O) groups is 1. The van der Waals surface area contributed by atoms with Crippen LogP contribution in [0.5, 0.6) is 5.75 Å². The Bertz CT molecular complexity index is 565. The normalized spacial score (nSPS) is 10.3. The van der Waals surface area contributed by atoms with E-state index in [0.717, 1.165) is 10.0 Å². The number of benzene rings is 1. The van der Waals surface area contributed by atoms with Crippen LogP contribution < -0.4 is 4.74 Å². The van der Waals surface area contributed by atoms with Gasteiger partial charge in [-0.3, -0.25) is 4.79 Å². The van der Waals surface area contributed by atoms with Gasteiger partial charge in [0.2, 0.25) is 0 Å². The highest BCUT2D eigenvalue weighted by Gasteiger charge is 2.18. The van der Waals surface area contributed by atoms with Gasteiger partial charge >= 0.3 is 0 Å². The SMILES string of the molecule is COc1ccsc1C(=O)N(C)Cc1ccc(Br)cc1. The summed E-state index contributed by atoms with van der Waals surface area (Å²) in [5.41, 5.74) is 1.09. The van der Waals surface area contributed by atoms with Crippen LogP contribution in [0, 0.1) is 0 Å². The number of methoxy groups -OCH3 is 1. The molecule has 0 unspecified atom stereocenters. The molecule has 1 heterocycles. The Hall–Kier alpha value is -1.33. The second-order valence-electron chi connectivity index (χ2n) is 4.11. The number of hydrogen-bond acceptors (Lipinski definition) is 3. The average Bonchev–Trinajstić information content (AvgIpc) is 2.88. The van der Waals surface area contributed by atoms with Crippen molar-refractivity contribution in [3.05, 3.63) is 50.6 Å². The molecule has 0 aliphatic heterocycles. The van der Waals surface area contributed by atoms with Gasteiger partial charge in [0.25, 0.3) is 5.91 Å². The number of amides is 1. The highest BCUT2D eigenvalue weighted by molar-refractivity contribution is 9.10. The summed E-state index contributed by atoms with van der Waals surface area (Å²) < 4.78 is 6.21. The molecule has 0 radical (unpaired) electrons. The number of carbonyl (C=O) groups excluding carboxylic acids is 1. The third kappa shape index (κ3) is 3.36. The van der Waals surface area contributed by atoms with E-state index in [1.807, 2.05) is 35.7 Å². The minimum Gasteiger partial charge on any atom is -0.495 e. The van der Waals surface area contributed by atoms with Crippen molar-refractivity contribution in [3.63, 3.8) is 0 Å². The van der Waals surface area contributed by atoms with E-state index in [1.54, 1.807) is 19.1 Å². The summed E-state index contributed by atoms with van der Waals surface area (Å²) in [6.45, 7) is 0.577. The lowest BCUT2D eigenvalue weighted by Crippen LogP contribution is -2.25. The molecule has 5 heteroatoms. The summed E-state index contributed by atoms with van der Waals surface area (Å²) >= 11 is 4.80.